The third-order valence-electron chi connectivity index (χ3n) is 1.64. The van der Waals surface area contributed by atoms with Gasteiger partial charge >= 0.3 is 5.97 Å². The molecule has 4 heteroatoms. The van der Waals surface area contributed by atoms with Gasteiger partial charge in [-0.25, -0.2) is 0 Å². The fourth-order valence-corrected chi connectivity index (χ4v) is 1.73. The second kappa shape index (κ2) is 5.56. The van der Waals surface area contributed by atoms with Crippen LogP contribution >= 0.6 is 34.2 Å². The minimum Gasteiger partial charge on any atom is -0.466 e. The molecule has 0 amide bonds. The number of hydrogen-bond acceptors (Lipinski definition) is 2. The van der Waals surface area contributed by atoms with Gasteiger partial charge in [0.25, 0.3) is 0 Å². The van der Waals surface area contributed by atoms with Crippen LogP contribution in [-0.4, -0.2) is 12.6 Å². The predicted octanol–water partition coefficient (Wildman–Crippen LogP) is 3.05. The predicted molar refractivity (Wildman–Crippen MR) is 64.5 cm³/mol. The van der Waals surface area contributed by atoms with E-state index >= 15 is 0 Å². The zero-order valence-corrected chi connectivity index (χ0v) is 10.6. The normalized spacial score (nSPS) is 9.93. The Hall–Kier alpha value is -0.290. The molecule has 0 radical (unpaired) electrons. The maximum absolute atomic E-state index is 11.2. The van der Waals surface area contributed by atoms with Crippen LogP contribution in [0.1, 0.15) is 12.5 Å². The summed E-state index contributed by atoms with van der Waals surface area (Å²) in [6.45, 7) is 2.22. The summed E-state index contributed by atoms with van der Waals surface area (Å²) in [6.07, 6.45) is 0.307. The van der Waals surface area contributed by atoms with Crippen molar-refractivity contribution in [3.8, 4) is 0 Å². The maximum atomic E-state index is 11.2. The van der Waals surface area contributed by atoms with Crippen molar-refractivity contribution in [2.45, 2.75) is 13.3 Å². The highest BCUT2D eigenvalue weighted by Crippen LogP contribution is 2.19. The zero-order chi connectivity index (χ0) is 10.6. The summed E-state index contributed by atoms with van der Waals surface area (Å²) in [7, 11) is 0. The van der Waals surface area contributed by atoms with Gasteiger partial charge in [0.2, 0.25) is 0 Å². The number of benzene rings is 1. The minimum atomic E-state index is -0.203. The fourth-order valence-electron chi connectivity index (χ4n) is 1.03. The van der Waals surface area contributed by atoms with Gasteiger partial charge < -0.3 is 4.74 Å². The first-order chi connectivity index (χ1) is 6.63. The number of ether oxygens (including phenoxy) is 1. The Kier molecular flexibility index (Phi) is 4.68. The van der Waals surface area contributed by atoms with Gasteiger partial charge in [-0.05, 0) is 47.2 Å². The lowest BCUT2D eigenvalue weighted by atomic mass is 10.1. The fraction of sp³-hybridized carbons (Fsp3) is 0.300. The first kappa shape index (κ1) is 11.8. The third-order valence-corrected chi connectivity index (χ3v) is 3.18. The average molecular weight is 325 g/mol. The van der Waals surface area contributed by atoms with Gasteiger partial charge in [-0.1, -0.05) is 17.7 Å². The number of halogens is 2. The molecule has 0 fully saturated rings. The van der Waals surface area contributed by atoms with Crippen molar-refractivity contribution in [1.29, 1.82) is 0 Å². The van der Waals surface area contributed by atoms with E-state index in [-0.39, 0.29) is 5.97 Å². The third kappa shape index (κ3) is 3.46. The number of hydrogen-bond donors (Lipinski definition) is 0. The Balaban J connectivity index is 2.68. The van der Waals surface area contributed by atoms with E-state index in [1.165, 1.54) is 0 Å². The van der Waals surface area contributed by atoms with Gasteiger partial charge in [-0.15, -0.1) is 0 Å². The van der Waals surface area contributed by atoms with Crippen molar-refractivity contribution < 1.29 is 9.53 Å². The molecule has 0 spiro atoms. The lowest BCUT2D eigenvalue weighted by Gasteiger charge is -2.03. The first-order valence-corrected chi connectivity index (χ1v) is 5.68. The molecule has 1 rings (SSSR count). The summed E-state index contributed by atoms with van der Waals surface area (Å²) >= 11 is 7.99. The smallest absolute Gasteiger partial charge is 0.310 e. The van der Waals surface area contributed by atoms with Gasteiger partial charge in [-0.2, -0.15) is 0 Å². The lowest BCUT2D eigenvalue weighted by Crippen LogP contribution is -2.07. The quantitative estimate of drug-likeness (QED) is 0.631. The number of carbonyl (C=O) groups excluding carboxylic acids is 1. The monoisotopic (exact) mass is 324 g/mol. The van der Waals surface area contributed by atoms with Gasteiger partial charge in [0.15, 0.2) is 0 Å². The van der Waals surface area contributed by atoms with Gasteiger partial charge in [0, 0.05) is 3.57 Å². The molecule has 0 unspecified atom stereocenters. The highest BCUT2D eigenvalue weighted by molar-refractivity contribution is 14.1. The minimum absolute atomic E-state index is 0.203. The van der Waals surface area contributed by atoms with Crippen LogP contribution in [0.3, 0.4) is 0 Å². The second-order valence-corrected chi connectivity index (χ2v) is 4.30. The molecule has 0 N–H and O–H groups in total. The van der Waals surface area contributed by atoms with Crippen LogP contribution in [0.25, 0.3) is 0 Å². The first-order valence-electron chi connectivity index (χ1n) is 4.23. The second-order valence-electron chi connectivity index (χ2n) is 2.73. The highest BCUT2D eigenvalue weighted by atomic mass is 127. The molecule has 0 saturated carbocycles. The van der Waals surface area contributed by atoms with Gasteiger partial charge in [0.05, 0.1) is 18.1 Å². The topological polar surface area (TPSA) is 26.3 Å². The summed E-state index contributed by atoms with van der Waals surface area (Å²) < 4.78 is 5.79. The van der Waals surface area contributed by atoms with Gasteiger partial charge in [0.1, 0.15) is 0 Å². The summed E-state index contributed by atoms with van der Waals surface area (Å²) in [5.74, 6) is -0.203. The van der Waals surface area contributed by atoms with Crippen LogP contribution in [0.5, 0.6) is 0 Å². The SMILES string of the molecule is CCOC(=O)Cc1ccc(Cl)c(I)c1. The number of rotatable bonds is 3. The maximum Gasteiger partial charge on any atom is 0.310 e. The van der Waals surface area contributed by atoms with Crippen LogP contribution in [0, 0.1) is 3.57 Å². The molecular formula is C10H10ClIO2. The molecule has 0 bridgehead atoms. The Morgan fingerprint density at radius 1 is 1.57 bits per heavy atom. The Morgan fingerprint density at radius 2 is 2.29 bits per heavy atom. The lowest BCUT2D eigenvalue weighted by molar-refractivity contribution is -0.142. The van der Waals surface area contributed by atoms with E-state index in [1.807, 2.05) is 12.1 Å². The van der Waals surface area contributed by atoms with Crippen molar-refractivity contribution in [1.82, 2.24) is 0 Å². The van der Waals surface area contributed by atoms with E-state index < -0.39 is 0 Å². The molecular weight excluding hydrogens is 314 g/mol. The molecule has 1 aromatic rings. The summed E-state index contributed by atoms with van der Waals surface area (Å²) in [5.41, 5.74) is 0.928. The van der Waals surface area contributed by atoms with E-state index in [0.29, 0.717) is 18.1 Å². The van der Waals surface area contributed by atoms with E-state index in [1.54, 1.807) is 13.0 Å². The molecule has 0 aromatic heterocycles. The van der Waals surface area contributed by atoms with E-state index in [4.69, 9.17) is 16.3 Å². The number of carbonyl (C=O) groups is 1. The molecule has 2 nitrogen and oxygen atoms in total. The Labute approximate surface area is 102 Å². The Bertz CT molecular complexity index is 339. The molecule has 0 heterocycles. The Morgan fingerprint density at radius 3 is 2.86 bits per heavy atom. The molecule has 76 valence electrons. The van der Waals surface area contributed by atoms with Crippen LogP contribution in [0.4, 0.5) is 0 Å². The number of esters is 1. The van der Waals surface area contributed by atoms with Crippen molar-refractivity contribution in [2.24, 2.45) is 0 Å². The molecule has 0 aliphatic heterocycles. The van der Waals surface area contributed by atoms with Crippen molar-refractivity contribution in [2.75, 3.05) is 6.61 Å². The molecule has 0 saturated heterocycles. The average Bonchev–Trinajstić information content (AvgIpc) is 2.12. The van der Waals surface area contributed by atoms with Crippen molar-refractivity contribution in [3.63, 3.8) is 0 Å². The van der Waals surface area contributed by atoms with E-state index in [0.717, 1.165) is 9.13 Å². The molecule has 1 aromatic carbocycles. The summed E-state index contributed by atoms with van der Waals surface area (Å²) in [5, 5.41) is 0.707. The van der Waals surface area contributed by atoms with Crippen molar-refractivity contribution >= 4 is 40.2 Å². The standard InChI is InChI=1S/C10H10ClIO2/c1-2-14-10(13)6-7-3-4-8(11)9(12)5-7/h3-5H,2,6H2,1H3. The van der Waals surface area contributed by atoms with Gasteiger partial charge in [-0.3, -0.25) is 4.79 Å². The van der Waals surface area contributed by atoms with Crippen LogP contribution < -0.4 is 0 Å². The van der Waals surface area contributed by atoms with E-state index in [9.17, 15) is 4.79 Å². The summed E-state index contributed by atoms with van der Waals surface area (Å²) in [4.78, 5) is 11.2. The van der Waals surface area contributed by atoms with Crippen LogP contribution in [0.15, 0.2) is 18.2 Å². The molecule has 0 aliphatic rings. The highest BCUT2D eigenvalue weighted by Gasteiger charge is 2.05. The summed E-state index contributed by atoms with van der Waals surface area (Å²) in [6, 6.07) is 5.51. The van der Waals surface area contributed by atoms with Crippen LogP contribution in [0.2, 0.25) is 5.02 Å². The van der Waals surface area contributed by atoms with Crippen molar-refractivity contribution in [3.05, 3.63) is 32.4 Å². The molecule has 0 atom stereocenters. The molecule has 14 heavy (non-hydrogen) atoms. The van der Waals surface area contributed by atoms with Crippen LogP contribution in [-0.2, 0) is 16.0 Å². The van der Waals surface area contributed by atoms with E-state index in [2.05, 4.69) is 22.6 Å². The zero-order valence-electron chi connectivity index (χ0n) is 7.72. The molecule has 0 aliphatic carbocycles. The largest absolute Gasteiger partial charge is 0.466 e.